The van der Waals surface area contributed by atoms with Gasteiger partial charge >= 0.3 is 23.9 Å². The van der Waals surface area contributed by atoms with Gasteiger partial charge in [-0.3, -0.25) is 33.5 Å². The molecule has 0 spiro atoms. The molecule has 1 saturated heterocycles. The van der Waals surface area contributed by atoms with Gasteiger partial charge in [-0.2, -0.15) is 0 Å². The van der Waals surface area contributed by atoms with Gasteiger partial charge in [0.25, 0.3) is 0 Å². The summed E-state index contributed by atoms with van der Waals surface area (Å²) in [6.45, 7) is 7.80. The molecule has 2 N–H and O–H groups in total. The molecule has 1 aliphatic heterocycles. The Labute approximate surface area is 234 Å². The van der Waals surface area contributed by atoms with E-state index in [2.05, 4.69) is 0 Å². The molecule has 1 fully saturated rings. The highest BCUT2D eigenvalue weighted by Crippen LogP contribution is 2.43. The molecule has 222 valence electrons. The van der Waals surface area contributed by atoms with E-state index in [0.717, 1.165) is 27.7 Å². The standard InChI is InChI=1S/C27H30O14/c1-9-10(2)20(33)18-17(19(9)32)21(34)11(3)23(22(18)35)40-26-16(8-36-12(4)28)24(37-13(5)29)25(38-14(6)30)27(41-26)39-15(7)31/h16,24-27,32-33H,8H2,1-7H3/t16-,24-,25+,26-,27+/m1/s1. The van der Waals surface area contributed by atoms with Crippen LogP contribution in [0.25, 0.3) is 0 Å². The molecule has 41 heavy (non-hydrogen) atoms. The smallest absolute Gasteiger partial charge is 0.305 e. The molecule has 14 heteroatoms. The number of esters is 4. The number of allylic oxidation sites excluding steroid dienone is 2. The van der Waals surface area contributed by atoms with Gasteiger partial charge in [-0.15, -0.1) is 0 Å². The third-order valence-corrected chi connectivity index (χ3v) is 6.57. The average Bonchev–Trinajstić information content (AvgIpc) is 2.86. The van der Waals surface area contributed by atoms with E-state index in [9.17, 15) is 39.0 Å². The first kappa shape index (κ1) is 31.1. The third kappa shape index (κ3) is 6.16. The van der Waals surface area contributed by atoms with Gasteiger partial charge in [0.2, 0.25) is 24.5 Å². The van der Waals surface area contributed by atoms with Gasteiger partial charge in [0.05, 0.1) is 17.0 Å². The first-order valence-corrected chi connectivity index (χ1v) is 12.4. The lowest BCUT2D eigenvalue weighted by Crippen LogP contribution is -2.60. The predicted octanol–water partition coefficient (Wildman–Crippen LogP) is 1.67. The zero-order valence-electron chi connectivity index (χ0n) is 23.4. The van der Waals surface area contributed by atoms with E-state index in [0.29, 0.717) is 0 Å². The molecular weight excluding hydrogens is 548 g/mol. The molecule has 0 unspecified atom stereocenters. The number of phenols is 2. The number of hydrogen-bond acceptors (Lipinski definition) is 14. The van der Waals surface area contributed by atoms with Crippen molar-refractivity contribution in [2.75, 3.05) is 6.61 Å². The molecule has 0 radical (unpaired) electrons. The van der Waals surface area contributed by atoms with Gasteiger partial charge in [-0.25, -0.2) is 0 Å². The van der Waals surface area contributed by atoms with E-state index in [1.165, 1.54) is 20.8 Å². The minimum atomic E-state index is -1.73. The molecule has 0 amide bonds. The van der Waals surface area contributed by atoms with Crippen molar-refractivity contribution < 1.29 is 67.4 Å². The van der Waals surface area contributed by atoms with Crippen LogP contribution in [0.2, 0.25) is 0 Å². The third-order valence-electron chi connectivity index (χ3n) is 6.57. The first-order chi connectivity index (χ1) is 19.1. The van der Waals surface area contributed by atoms with Crippen LogP contribution in [-0.4, -0.2) is 77.1 Å². The monoisotopic (exact) mass is 578 g/mol. The molecular formula is C27H30O14. The van der Waals surface area contributed by atoms with Crippen LogP contribution < -0.4 is 0 Å². The fourth-order valence-corrected chi connectivity index (χ4v) is 4.53. The molecule has 1 aromatic carbocycles. The SMILES string of the molecule is CC(=O)OC[C@H]1[C@H](OC2=C(C)C(=O)c3c(O)c(C)c(C)c(O)c3C2=O)O[C@H](OC(C)=O)[C@@H](OC(C)=O)[C@@H]1OC(C)=O. The summed E-state index contributed by atoms with van der Waals surface area (Å²) in [7, 11) is 0. The Morgan fingerprint density at radius 3 is 1.68 bits per heavy atom. The lowest BCUT2D eigenvalue weighted by atomic mass is 9.84. The maximum Gasteiger partial charge on any atom is 0.305 e. The normalized spacial score (nSPS) is 23.8. The first-order valence-electron chi connectivity index (χ1n) is 12.4. The zero-order chi connectivity index (χ0) is 30.9. The summed E-state index contributed by atoms with van der Waals surface area (Å²) in [5.74, 6) is -8.11. The summed E-state index contributed by atoms with van der Waals surface area (Å²) in [5.41, 5.74) is -0.842. The second-order valence-corrected chi connectivity index (χ2v) is 9.52. The molecule has 14 nitrogen and oxygen atoms in total. The maximum atomic E-state index is 13.6. The number of ketones is 2. The second kappa shape index (κ2) is 12.0. The van der Waals surface area contributed by atoms with Gasteiger partial charge in [0.1, 0.15) is 18.1 Å². The highest BCUT2D eigenvalue weighted by molar-refractivity contribution is 6.28. The predicted molar refractivity (Wildman–Crippen MR) is 133 cm³/mol. The zero-order valence-corrected chi connectivity index (χ0v) is 23.4. The lowest BCUT2D eigenvalue weighted by Gasteiger charge is -2.44. The van der Waals surface area contributed by atoms with Crippen molar-refractivity contribution in [1.82, 2.24) is 0 Å². The molecule has 0 bridgehead atoms. The van der Waals surface area contributed by atoms with Crippen LogP contribution in [0.1, 0.15) is 66.5 Å². The van der Waals surface area contributed by atoms with E-state index < -0.39 is 101 Å². The fourth-order valence-electron chi connectivity index (χ4n) is 4.53. The Balaban J connectivity index is 2.15. The molecule has 3 rings (SSSR count). The Hall–Kier alpha value is -4.46. The molecule has 0 saturated carbocycles. The number of rotatable bonds is 7. The van der Waals surface area contributed by atoms with E-state index in [1.54, 1.807) is 0 Å². The van der Waals surface area contributed by atoms with E-state index in [4.69, 9.17) is 28.4 Å². The molecule has 1 aromatic rings. The summed E-state index contributed by atoms with van der Waals surface area (Å²) in [4.78, 5) is 74.3. The van der Waals surface area contributed by atoms with Crippen molar-refractivity contribution in [2.24, 2.45) is 5.92 Å². The Morgan fingerprint density at radius 2 is 1.20 bits per heavy atom. The summed E-state index contributed by atoms with van der Waals surface area (Å²) in [5, 5.41) is 21.3. The van der Waals surface area contributed by atoms with Crippen molar-refractivity contribution in [1.29, 1.82) is 0 Å². The Morgan fingerprint density at radius 1 is 0.707 bits per heavy atom. The highest BCUT2D eigenvalue weighted by Gasteiger charge is 2.54. The number of aromatic hydroxyl groups is 2. The van der Waals surface area contributed by atoms with Gasteiger partial charge < -0.3 is 33.9 Å². The number of hydrogen-bond donors (Lipinski definition) is 2. The quantitative estimate of drug-likeness (QED) is 0.269. The Kier molecular flexibility index (Phi) is 9.06. The van der Waals surface area contributed by atoms with Crippen LogP contribution in [0, 0.1) is 19.8 Å². The number of ether oxygens (including phenoxy) is 6. The van der Waals surface area contributed by atoms with Gasteiger partial charge in [0.15, 0.2) is 17.6 Å². The van der Waals surface area contributed by atoms with E-state index >= 15 is 0 Å². The van der Waals surface area contributed by atoms with Crippen molar-refractivity contribution in [2.45, 2.75) is 73.3 Å². The number of carbonyl (C=O) groups excluding carboxylic acids is 6. The molecule has 1 heterocycles. The summed E-state index contributed by atoms with van der Waals surface area (Å²) in [6.07, 6.45) is -6.49. The minimum absolute atomic E-state index is 0.150. The van der Waals surface area contributed by atoms with Crippen LogP contribution >= 0.6 is 0 Å². The van der Waals surface area contributed by atoms with Crippen LogP contribution in [0.5, 0.6) is 11.5 Å². The summed E-state index contributed by atoms with van der Waals surface area (Å²) in [6, 6.07) is 0. The van der Waals surface area contributed by atoms with Crippen molar-refractivity contribution >= 4 is 35.4 Å². The second-order valence-electron chi connectivity index (χ2n) is 9.52. The van der Waals surface area contributed by atoms with Gasteiger partial charge in [0, 0.05) is 33.3 Å². The molecule has 0 aromatic heterocycles. The Bertz CT molecular complexity index is 1360. The minimum Gasteiger partial charge on any atom is -0.507 e. The fraction of sp³-hybridized carbons (Fsp3) is 0.481. The lowest BCUT2D eigenvalue weighted by molar-refractivity contribution is -0.328. The summed E-state index contributed by atoms with van der Waals surface area (Å²) < 4.78 is 32.5. The van der Waals surface area contributed by atoms with Crippen molar-refractivity contribution in [3.63, 3.8) is 0 Å². The number of phenolic OH excluding ortho intramolecular Hbond substituents is 2. The van der Waals surface area contributed by atoms with Crippen molar-refractivity contribution in [3.8, 4) is 11.5 Å². The topological polar surface area (TPSA) is 198 Å². The number of Topliss-reactive ketones (excluding diaryl/α,β-unsaturated/α-hetero) is 2. The van der Waals surface area contributed by atoms with Crippen LogP contribution in [0.3, 0.4) is 0 Å². The molecule has 5 atom stereocenters. The van der Waals surface area contributed by atoms with Crippen LogP contribution in [-0.2, 0) is 47.6 Å². The largest absolute Gasteiger partial charge is 0.507 e. The van der Waals surface area contributed by atoms with Crippen LogP contribution in [0.15, 0.2) is 11.3 Å². The van der Waals surface area contributed by atoms with E-state index in [1.807, 2.05) is 0 Å². The van der Waals surface area contributed by atoms with Crippen LogP contribution in [0.4, 0.5) is 0 Å². The number of fused-ring (bicyclic) bond motifs is 1. The molecule has 2 aliphatic rings. The maximum absolute atomic E-state index is 13.6. The number of benzene rings is 1. The average molecular weight is 579 g/mol. The highest BCUT2D eigenvalue weighted by atomic mass is 16.8. The van der Waals surface area contributed by atoms with Gasteiger partial charge in [-0.1, -0.05) is 0 Å². The van der Waals surface area contributed by atoms with Gasteiger partial charge in [-0.05, 0) is 31.9 Å². The van der Waals surface area contributed by atoms with Crippen molar-refractivity contribution in [3.05, 3.63) is 33.6 Å². The van der Waals surface area contributed by atoms with E-state index in [-0.39, 0.29) is 16.7 Å². The summed E-state index contributed by atoms with van der Waals surface area (Å²) >= 11 is 0. The number of carbonyl (C=O) groups is 6. The molecule has 1 aliphatic carbocycles.